The van der Waals surface area contributed by atoms with Gasteiger partial charge in [0.05, 0.1) is 23.1 Å². The van der Waals surface area contributed by atoms with Gasteiger partial charge in [0.1, 0.15) is 0 Å². The van der Waals surface area contributed by atoms with Crippen LogP contribution in [0, 0.1) is 17.2 Å². The molecule has 1 N–H and O–H groups in total. The Morgan fingerprint density at radius 1 is 1.53 bits per heavy atom. The summed E-state index contributed by atoms with van der Waals surface area (Å²) in [7, 11) is 0. The minimum atomic E-state index is -4.60. The monoisotopic (exact) mass is 289 g/mol. The van der Waals surface area contributed by atoms with E-state index in [-0.39, 0.29) is 5.75 Å². The van der Waals surface area contributed by atoms with E-state index < -0.39 is 29.2 Å². The largest absolute Gasteiger partial charge is 0.481 e. The molecule has 0 amide bonds. The first-order chi connectivity index (χ1) is 8.75. The van der Waals surface area contributed by atoms with Crippen molar-refractivity contribution in [3.05, 3.63) is 29.3 Å². The number of rotatable bonds is 4. The van der Waals surface area contributed by atoms with Crippen molar-refractivity contribution in [1.82, 2.24) is 0 Å². The molecular weight excluding hydrogens is 279 g/mol. The lowest BCUT2D eigenvalue weighted by Crippen LogP contribution is -2.12. The van der Waals surface area contributed by atoms with Crippen LogP contribution in [0.4, 0.5) is 13.2 Å². The second-order valence-corrected chi connectivity index (χ2v) is 4.96. The highest BCUT2D eigenvalue weighted by molar-refractivity contribution is 7.99. The molecule has 0 bridgehead atoms. The van der Waals surface area contributed by atoms with Crippen LogP contribution in [0.15, 0.2) is 23.1 Å². The first-order valence-corrected chi connectivity index (χ1v) is 6.21. The van der Waals surface area contributed by atoms with E-state index in [0.29, 0.717) is 4.90 Å². The Hall–Kier alpha value is -1.68. The average molecular weight is 289 g/mol. The molecule has 0 spiro atoms. The first kappa shape index (κ1) is 15.4. The molecule has 0 radical (unpaired) electrons. The van der Waals surface area contributed by atoms with Gasteiger partial charge in [0.15, 0.2) is 0 Å². The normalized spacial score (nSPS) is 12.8. The minimum Gasteiger partial charge on any atom is -0.481 e. The number of benzene rings is 1. The molecule has 0 aliphatic heterocycles. The van der Waals surface area contributed by atoms with Crippen LogP contribution in [0.3, 0.4) is 0 Å². The maximum absolute atomic E-state index is 12.7. The molecule has 0 saturated heterocycles. The van der Waals surface area contributed by atoms with Gasteiger partial charge in [-0.25, -0.2) is 0 Å². The van der Waals surface area contributed by atoms with Gasteiger partial charge in [-0.3, -0.25) is 4.79 Å². The summed E-state index contributed by atoms with van der Waals surface area (Å²) in [4.78, 5) is 10.9. The van der Waals surface area contributed by atoms with Gasteiger partial charge in [0, 0.05) is 10.6 Å². The smallest absolute Gasteiger partial charge is 0.417 e. The summed E-state index contributed by atoms with van der Waals surface area (Å²) in [5.74, 6) is -1.49. The Balaban J connectivity index is 2.94. The summed E-state index contributed by atoms with van der Waals surface area (Å²) in [6, 6.07) is 4.84. The Morgan fingerprint density at radius 3 is 2.63 bits per heavy atom. The van der Waals surface area contributed by atoms with Gasteiger partial charge >= 0.3 is 12.1 Å². The van der Waals surface area contributed by atoms with E-state index in [1.165, 1.54) is 19.1 Å². The number of hydrogen-bond donors (Lipinski definition) is 1. The molecule has 1 unspecified atom stereocenters. The summed E-state index contributed by atoms with van der Waals surface area (Å²) in [6.45, 7) is 1.48. The number of thioether (sulfide) groups is 1. The van der Waals surface area contributed by atoms with E-state index >= 15 is 0 Å². The van der Waals surface area contributed by atoms with Gasteiger partial charge in [-0.2, -0.15) is 18.4 Å². The van der Waals surface area contributed by atoms with Crippen LogP contribution >= 0.6 is 11.8 Å². The van der Waals surface area contributed by atoms with Crippen molar-refractivity contribution >= 4 is 17.7 Å². The standard InChI is InChI=1S/C12H10F3NO2S/c1-7(11(17)18)6-19-9-3-2-8(5-16)10(4-9)12(13,14)15/h2-4,7H,6H2,1H3,(H,17,18). The molecule has 0 fully saturated rings. The summed E-state index contributed by atoms with van der Waals surface area (Å²) in [5.41, 5.74) is -1.44. The maximum atomic E-state index is 12.7. The second-order valence-electron chi connectivity index (χ2n) is 3.87. The summed E-state index contributed by atoms with van der Waals surface area (Å²) >= 11 is 1.02. The lowest BCUT2D eigenvalue weighted by molar-refractivity contribution is -0.140. The van der Waals surface area contributed by atoms with Crippen LogP contribution in [0.2, 0.25) is 0 Å². The number of aliphatic carboxylic acids is 1. The van der Waals surface area contributed by atoms with Crippen LogP contribution in [0.5, 0.6) is 0 Å². The molecule has 0 aliphatic carbocycles. The number of carboxylic acids is 1. The minimum absolute atomic E-state index is 0.165. The van der Waals surface area contributed by atoms with E-state index in [4.69, 9.17) is 10.4 Å². The maximum Gasteiger partial charge on any atom is 0.417 e. The topological polar surface area (TPSA) is 61.1 Å². The fourth-order valence-corrected chi connectivity index (χ4v) is 2.19. The molecule has 0 heterocycles. The summed E-state index contributed by atoms with van der Waals surface area (Å²) in [5, 5.41) is 17.3. The van der Waals surface area contributed by atoms with Crippen molar-refractivity contribution < 1.29 is 23.1 Å². The fourth-order valence-electron chi connectivity index (χ4n) is 1.24. The van der Waals surface area contributed by atoms with E-state index in [0.717, 1.165) is 23.9 Å². The van der Waals surface area contributed by atoms with Gasteiger partial charge < -0.3 is 5.11 Å². The molecule has 0 aromatic heterocycles. The quantitative estimate of drug-likeness (QED) is 0.863. The number of hydrogen-bond acceptors (Lipinski definition) is 3. The molecule has 7 heteroatoms. The number of nitrogens with zero attached hydrogens (tertiary/aromatic N) is 1. The molecule has 102 valence electrons. The first-order valence-electron chi connectivity index (χ1n) is 5.22. The highest BCUT2D eigenvalue weighted by Crippen LogP contribution is 2.34. The number of carboxylic acid groups (broad SMARTS) is 1. The van der Waals surface area contributed by atoms with Crippen LogP contribution in [0.25, 0.3) is 0 Å². The molecule has 0 aliphatic rings. The second kappa shape index (κ2) is 5.97. The third-order valence-corrected chi connectivity index (χ3v) is 3.59. The number of nitriles is 1. The van der Waals surface area contributed by atoms with Crippen molar-refractivity contribution in [3.8, 4) is 6.07 Å². The Bertz CT molecular complexity index is 523. The van der Waals surface area contributed by atoms with Crippen molar-refractivity contribution in [2.45, 2.75) is 18.0 Å². The van der Waals surface area contributed by atoms with Gasteiger partial charge in [0.25, 0.3) is 0 Å². The summed E-state index contributed by atoms with van der Waals surface area (Å²) < 4.78 is 38.1. The third-order valence-electron chi connectivity index (χ3n) is 2.34. The van der Waals surface area contributed by atoms with E-state index in [1.54, 1.807) is 0 Å². The average Bonchev–Trinajstić information content (AvgIpc) is 2.34. The lowest BCUT2D eigenvalue weighted by Gasteiger charge is -2.11. The fraction of sp³-hybridized carbons (Fsp3) is 0.333. The van der Waals surface area contributed by atoms with Crippen molar-refractivity contribution in [1.29, 1.82) is 5.26 Å². The van der Waals surface area contributed by atoms with Crippen molar-refractivity contribution in [2.75, 3.05) is 5.75 Å². The molecule has 1 aromatic carbocycles. The SMILES string of the molecule is CC(CSc1ccc(C#N)c(C(F)(F)F)c1)C(=O)O. The molecular formula is C12H10F3NO2S. The molecule has 3 nitrogen and oxygen atoms in total. The van der Waals surface area contributed by atoms with Crippen molar-refractivity contribution in [2.24, 2.45) is 5.92 Å². The lowest BCUT2D eigenvalue weighted by atomic mass is 10.1. The van der Waals surface area contributed by atoms with Gasteiger partial charge in [0.2, 0.25) is 0 Å². The van der Waals surface area contributed by atoms with E-state index in [9.17, 15) is 18.0 Å². The van der Waals surface area contributed by atoms with Crippen molar-refractivity contribution in [3.63, 3.8) is 0 Å². The Labute approximate surface area is 112 Å². The predicted molar refractivity (Wildman–Crippen MR) is 63.7 cm³/mol. The summed E-state index contributed by atoms with van der Waals surface area (Å²) in [6.07, 6.45) is -4.60. The number of carbonyl (C=O) groups is 1. The van der Waals surface area contributed by atoms with Crippen LogP contribution in [0.1, 0.15) is 18.1 Å². The van der Waals surface area contributed by atoms with Crippen LogP contribution in [-0.2, 0) is 11.0 Å². The highest BCUT2D eigenvalue weighted by Gasteiger charge is 2.33. The van der Waals surface area contributed by atoms with Gasteiger partial charge in [-0.15, -0.1) is 11.8 Å². The zero-order chi connectivity index (χ0) is 14.6. The van der Waals surface area contributed by atoms with Crippen LogP contribution in [-0.4, -0.2) is 16.8 Å². The van der Waals surface area contributed by atoms with Crippen LogP contribution < -0.4 is 0 Å². The van der Waals surface area contributed by atoms with Gasteiger partial charge in [-0.05, 0) is 18.2 Å². The van der Waals surface area contributed by atoms with E-state index in [2.05, 4.69) is 0 Å². The number of alkyl halides is 3. The molecule has 1 rings (SSSR count). The predicted octanol–water partition coefficient (Wildman–Crippen LogP) is 3.39. The number of halogens is 3. The third kappa shape index (κ3) is 4.17. The molecule has 0 saturated carbocycles. The zero-order valence-corrected chi connectivity index (χ0v) is 10.7. The Kier molecular flexibility index (Phi) is 4.84. The molecule has 19 heavy (non-hydrogen) atoms. The van der Waals surface area contributed by atoms with E-state index in [1.807, 2.05) is 0 Å². The molecule has 1 aromatic rings. The Morgan fingerprint density at radius 2 is 2.16 bits per heavy atom. The molecule has 1 atom stereocenters. The highest BCUT2D eigenvalue weighted by atomic mass is 32.2. The van der Waals surface area contributed by atoms with Gasteiger partial charge in [-0.1, -0.05) is 6.92 Å². The zero-order valence-electron chi connectivity index (χ0n) is 9.86.